The van der Waals surface area contributed by atoms with Gasteiger partial charge in [0.05, 0.1) is 6.54 Å². The molecule has 0 saturated carbocycles. The molecule has 0 bridgehead atoms. The highest BCUT2D eigenvalue weighted by Gasteiger charge is 2.07. The quantitative estimate of drug-likeness (QED) is 0.575. The first-order valence-electron chi connectivity index (χ1n) is 4.75. The van der Waals surface area contributed by atoms with E-state index in [-0.39, 0.29) is 5.76 Å². The summed E-state index contributed by atoms with van der Waals surface area (Å²) >= 11 is 0. The standard InChI is InChI=1S/C11H15NO3/c1-8(2)5-6-12-7-9-3-4-10(15-9)11(13)14/h3-5,12H,6-7H2,1-2H3,(H,13,14). The number of carboxylic acids is 1. The Morgan fingerprint density at radius 3 is 2.80 bits per heavy atom. The van der Waals surface area contributed by atoms with Crippen molar-refractivity contribution in [3.8, 4) is 0 Å². The lowest BCUT2D eigenvalue weighted by molar-refractivity contribution is 0.0660. The minimum atomic E-state index is -1.04. The van der Waals surface area contributed by atoms with E-state index >= 15 is 0 Å². The average molecular weight is 209 g/mol. The largest absolute Gasteiger partial charge is 0.475 e. The van der Waals surface area contributed by atoms with E-state index in [4.69, 9.17) is 9.52 Å². The van der Waals surface area contributed by atoms with Crippen molar-refractivity contribution in [2.75, 3.05) is 6.54 Å². The van der Waals surface area contributed by atoms with Crippen molar-refractivity contribution in [1.82, 2.24) is 5.32 Å². The molecule has 0 aliphatic heterocycles. The molecule has 0 amide bonds. The van der Waals surface area contributed by atoms with E-state index < -0.39 is 5.97 Å². The first-order valence-corrected chi connectivity index (χ1v) is 4.75. The van der Waals surface area contributed by atoms with Gasteiger partial charge in [0, 0.05) is 6.54 Å². The first kappa shape index (κ1) is 11.5. The molecular weight excluding hydrogens is 194 g/mol. The van der Waals surface area contributed by atoms with E-state index in [9.17, 15) is 4.79 Å². The average Bonchev–Trinajstić information content (AvgIpc) is 2.60. The number of furan rings is 1. The maximum absolute atomic E-state index is 10.5. The predicted octanol–water partition coefficient (Wildman–Crippen LogP) is 2.03. The van der Waals surface area contributed by atoms with E-state index in [0.717, 1.165) is 6.54 Å². The molecule has 4 heteroatoms. The molecule has 1 rings (SSSR count). The topological polar surface area (TPSA) is 62.5 Å². The van der Waals surface area contributed by atoms with Crippen LogP contribution in [-0.2, 0) is 6.54 Å². The molecule has 0 radical (unpaired) electrons. The molecule has 1 heterocycles. The lowest BCUT2D eigenvalue weighted by atomic mass is 10.3. The maximum atomic E-state index is 10.5. The van der Waals surface area contributed by atoms with Crippen LogP contribution in [0.4, 0.5) is 0 Å². The van der Waals surface area contributed by atoms with Crippen LogP contribution < -0.4 is 5.32 Å². The molecule has 0 unspecified atom stereocenters. The lowest BCUT2D eigenvalue weighted by Gasteiger charge is -1.98. The second-order valence-electron chi connectivity index (χ2n) is 3.48. The summed E-state index contributed by atoms with van der Waals surface area (Å²) in [6, 6.07) is 3.12. The summed E-state index contributed by atoms with van der Waals surface area (Å²) in [6.45, 7) is 5.34. The molecule has 0 aliphatic carbocycles. The number of hydrogen-bond acceptors (Lipinski definition) is 3. The van der Waals surface area contributed by atoms with Crippen LogP contribution in [0, 0.1) is 0 Å². The highest BCUT2D eigenvalue weighted by molar-refractivity contribution is 5.84. The van der Waals surface area contributed by atoms with Gasteiger partial charge in [-0.05, 0) is 26.0 Å². The van der Waals surface area contributed by atoms with Crippen molar-refractivity contribution >= 4 is 5.97 Å². The van der Waals surface area contributed by atoms with Crippen molar-refractivity contribution in [1.29, 1.82) is 0 Å². The Labute approximate surface area is 88.6 Å². The third-order valence-corrected chi connectivity index (χ3v) is 1.83. The second-order valence-corrected chi connectivity index (χ2v) is 3.48. The summed E-state index contributed by atoms with van der Waals surface area (Å²) in [6.07, 6.45) is 2.06. The molecule has 1 aromatic heterocycles. The third kappa shape index (κ3) is 3.99. The van der Waals surface area contributed by atoms with Crippen LogP contribution in [0.1, 0.15) is 30.2 Å². The van der Waals surface area contributed by atoms with Gasteiger partial charge in [-0.25, -0.2) is 4.79 Å². The molecular formula is C11H15NO3. The van der Waals surface area contributed by atoms with Gasteiger partial charge in [0.2, 0.25) is 5.76 Å². The van der Waals surface area contributed by atoms with Gasteiger partial charge in [-0.3, -0.25) is 0 Å². The minimum Gasteiger partial charge on any atom is -0.475 e. The Morgan fingerprint density at radius 1 is 1.53 bits per heavy atom. The number of carboxylic acid groups (broad SMARTS) is 1. The van der Waals surface area contributed by atoms with Crippen LogP contribution in [0.15, 0.2) is 28.2 Å². The SMILES string of the molecule is CC(C)=CCNCc1ccc(C(=O)O)o1. The van der Waals surface area contributed by atoms with Crippen LogP contribution >= 0.6 is 0 Å². The fourth-order valence-corrected chi connectivity index (χ4v) is 1.06. The molecule has 82 valence electrons. The van der Waals surface area contributed by atoms with E-state index in [1.54, 1.807) is 6.07 Å². The zero-order chi connectivity index (χ0) is 11.3. The van der Waals surface area contributed by atoms with Crippen molar-refractivity contribution in [2.45, 2.75) is 20.4 Å². The number of carbonyl (C=O) groups is 1. The van der Waals surface area contributed by atoms with Crippen LogP contribution in [0.25, 0.3) is 0 Å². The predicted molar refractivity (Wildman–Crippen MR) is 56.8 cm³/mol. The number of hydrogen-bond donors (Lipinski definition) is 2. The van der Waals surface area contributed by atoms with Crippen LogP contribution in [0.2, 0.25) is 0 Å². The highest BCUT2D eigenvalue weighted by Crippen LogP contribution is 2.07. The Morgan fingerprint density at radius 2 is 2.27 bits per heavy atom. The monoisotopic (exact) mass is 209 g/mol. The van der Waals surface area contributed by atoms with Crippen molar-refractivity contribution in [2.24, 2.45) is 0 Å². The van der Waals surface area contributed by atoms with Gasteiger partial charge in [-0.15, -0.1) is 0 Å². The Kier molecular flexibility index (Phi) is 4.12. The van der Waals surface area contributed by atoms with E-state index in [2.05, 4.69) is 11.4 Å². The Hall–Kier alpha value is -1.55. The molecule has 1 aromatic rings. The molecule has 0 aromatic carbocycles. The highest BCUT2D eigenvalue weighted by atomic mass is 16.4. The van der Waals surface area contributed by atoms with Gasteiger partial charge < -0.3 is 14.8 Å². The summed E-state index contributed by atoms with van der Waals surface area (Å²) < 4.78 is 5.07. The number of nitrogens with one attached hydrogen (secondary N) is 1. The van der Waals surface area contributed by atoms with Crippen molar-refractivity contribution < 1.29 is 14.3 Å². The minimum absolute atomic E-state index is 0.0194. The van der Waals surface area contributed by atoms with Crippen LogP contribution in [-0.4, -0.2) is 17.6 Å². The summed E-state index contributed by atoms with van der Waals surface area (Å²) in [4.78, 5) is 10.5. The molecule has 0 spiro atoms. The second kappa shape index (κ2) is 5.36. The number of aromatic carboxylic acids is 1. The summed E-state index contributed by atoms with van der Waals surface area (Å²) in [5, 5.41) is 11.7. The number of allylic oxidation sites excluding steroid dienone is 1. The fraction of sp³-hybridized carbons (Fsp3) is 0.364. The molecule has 0 fully saturated rings. The van der Waals surface area contributed by atoms with Crippen LogP contribution in [0.3, 0.4) is 0 Å². The smallest absolute Gasteiger partial charge is 0.371 e. The Bertz CT molecular complexity index is 362. The molecule has 0 aliphatic rings. The molecule has 2 N–H and O–H groups in total. The van der Waals surface area contributed by atoms with Crippen molar-refractivity contribution in [3.63, 3.8) is 0 Å². The first-order chi connectivity index (χ1) is 7.09. The normalized spacial score (nSPS) is 10.0. The lowest BCUT2D eigenvalue weighted by Crippen LogP contribution is -2.12. The fourth-order valence-electron chi connectivity index (χ4n) is 1.06. The zero-order valence-corrected chi connectivity index (χ0v) is 8.91. The van der Waals surface area contributed by atoms with Gasteiger partial charge in [0.15, 0.2) is 0 Å². The van der Waals surface area contributed by atoms with Gasteiger partial charge in [-0.2, -0.15) is 0 Å². The Balaban J connectivity index is 2.38. The zero-order valence-electron chi connectivity index (χ0n) is 8.91. The van der Waals surface area contributed by atoms with Gasteiger partial charge in [-0.1, -0.05) is 11.6 Å². The van der Waals surface area contributed by atoms with Crippen molar-refractivity contribution in [3.05, 3.63) is 35.3 Å². The molecule has 15 heavy (non-hydrogen) atoms. The van der Waals surface area contributed by atoms with Gasteiger partial charge >= 0.3 is 5.97 Å². The molecule has 4 nitrogen and oxygen atoms in total. The summed E-state index contributed by atoms with van der Waals surface area (Å²) in [5.74, 6) is -0.422. The summed E-state index contributed by atoms with van der Waals surface area (Å²) in [7, 11) is 0. The number of rotatable bonds is 5. The molecule has 0 saturated heterocycles. The van der Waals surface area contributed by atoms with E-state index in [1.807, 2.05) is 13.8 Å². The van der Waals surface area contributed by atoms with E-state index in [1.165, 1.54) is 11.6 Å². The third-order valence-electron chi connectivity index (χ3n) is 1.83. The molecule has 0 atom stereocenters. The van der Waals surface area contributed by atoms with E-state index in [0.29, 0.717) is 12.3 Å². The van der Waals surface area contributed by atoms with Gasteiger partial charge in [0.1, 0.15) is 5.76 Å². The maximum Gasteiger partial charge on any atom is 0.371 e. The van der Waals surface area contributed by atoms with Gasteiger partial charge in [0.25, 0.3) is 0 Å². The van der Waals surface area contributed by atoms with Crippen LogP contribution in [0.5, 0.6) is 0 Å². The summed E-state index contributed by atoms with van der Waals surface area (Å²) in [5.41, 5.74) is 1.24.